The number of nitrogens with one attached hydrogen (secondary N) is 1. The van der Waals surface area contributed by atoms with Gasteiger partial charge in [0.25, 0.3) is 0 Å². The molecular formula is C19H16Cl2N4O2. The highest BCUT2D eigenvalue weighted by molar-refractivity contribution is 6.37. The van der Waals surface area contributed by atoms with Crippen LogP contribution in [-0.2, 0) is 11.4 Å². The summed E-state index contributed by atoms with van der Waals surface area (Å²) < 4.78 is 7.48. The van der Waals surface area contributed by atoms with Gasteiger partial charge in [-0.1, -0.05) is 53.0 Å². The summed E-state index contributed by atoms with van der Waals surface area (Å²) in [7, 11) is 0. The number of carbonyl (C=O) groups is 1. The van der Waals surface area contributed by atoms with Gasteiger partial charge in [0, 0.05) is 0 Å². The van der Waals surface area contributed by atoms with E-state index in [-0.39, 0.29) is 18.4 Å². The minimum atomic E-state index is -0.322. The molecule has 0 fully saturated rings. The smallest absolute Gasteiger partial charge is 0.229 e. The SMILES string of the molecule is Cc1ccc(COc2c(Cl)cc([C@H]3CC(=O)Nc4ncnn43)cc2Cl)cc1. The number of nitrogens with zero attached hydrogens (tertiary/aromatic N) is 3. The Labute approximate surface area is 166 Å². The number of halogens is 2. The largest absolute Gasteiger partial charge is 0.486 e. The molecule has 0 saturated heterocycles. The predicted molar refractivity (Wildman–Crippen MR) is 103 cm³/mol. The number of amides is 1. The van der Waals surface area contributed by atoms with Crippen molar-refractivity contribution in [2.24, 2.45) is 0 Å². The Morgan fingerprint density at radius 2 is 1.93 bits per heavy atom. The molecule has 0 spiro atoms. The molecule has 1 aliphatic rings. The van der Waals surface area contributed by atoms with Crippen LogP contribution in [0.25, 0.3) is 0 Å². The van der Waals surface area contributed by atoms with E-state index >= 15 is 0 Å². The van der Waals surface area contributed by atoms with E-state index < -0.39 is 0 Å². The monoisotopic (exact) mass is 402 g/mol. The number of hydrogen-bond acceptors (Lipinski definition) is 4. The van der Waals surface area contributed by atoms with Crippen LogP contribution in [0.3, 0.4) is 0 Å². The third-order valence-electron chi connectivity index (χ3n) is 4.41. The minimum Gasteiger partial charge on any atom is -0.486 e. The Kier molecular flexibility index (Phi) is 4.76. The Morgan fingerprint density at radius 1 is 1.22 bits per heavy atom. The Morgan fingerprint density at radius 3 is 2.63 bits per heavy atom. The zero-order valence-corrected chi connectivity index (χ0v) is 16.0. The molecule has 1 aliphatic heterocycles. The molecule has 138 valence electrons. The fraction of sp³-hybridized carbons (Fsp3) is 0.211. The fourth-order valence-electron chi connectivity index (χ4n) is 3.01. The van der Waals surface area contributed by atoms with Crippen LogP contribution in [0.4, 0.5) is 5.95 Å². The van der Waals surface area contributed by atoms with E-state index in [1.54, 1.807) is 16.8 Å². The standard InChI is InChI=1S/C19H16Cl2N4O2/c1-11-2-4-12(5-3-11)9-27-18-14(20)6-13(7-15(18)21)16-8-17(26)24-19-22-10-23-25(16)19/h2-7,10,16H,8-9H2,1H3,(H,22,23,24,26)/t16-/m1/s1. The van der Waals surface area contributed by atoms with Crippen LogP contribution in [0.5, 0.6) is 5.75 Å². The van der Waals surface area contributed by atoms with Crippen molar-refractivity contribution >= 4 is 35.1 Å². The highest BCUT2D eigenvalue weighted by Crippen LogP contribution is 2.39. The number of aromatic nitrogens is 3. The summed E-state index contributed by atoms with van der Waals surface area (Å²) in [5.74, 6) is 0.692. The van der Waals surface area contributed by atoms with Gasteiger partial charge in [-0.15, -0.1) is 0 Å². The molecular weight excluding hydrogens is 387 g/mol. The van der Waals surface area contributed by atoms with Crippen LogP contribution in [-0.4, -0.2) is 20.7 Å². The zero-order valence-electron chi connectivity index (χ0n) is 14.4. The number of rotatable bonds is 4. The molecule has 4 rings (SSSR count). The van der Waals surface area contributed by atoms with Gasteiger partial charge in [-0.3, -0.25) is 10.1 Å². The first kappa shape index (κ1) is 17.8. The molecule has 3 aromatic rings. The fourth-order valence-corrected chi connectivity index (χ4v) is 3.63. The summed E-state index contributed by atoms with van der Waals surface area (Å²) in [4.78, 5) is 16.0. The molecule has 8 heteroatoms. The van der Waals surface area contributed by atoms with Crippen molar-refractivity contribution in [1.82, 2.24) is 14.8 Å². The molecule has 0 radical (unpaired) electrons. The minimum absolute atomic E-state index is 0.132. The van der Waals surface area contributed by atoms with Crippen LogP contribution < -0.4 is 10.1 Å². The van der Waals surface area contributed by atoms with Gasteiger partial charge in [0.15, 0.2) is 5.75 Å². The first-order chi connectivity index (χ1) is 13.0. The van der Waals surface area contributed by atoms with Crippen LogP contribution in [0.15, 0.2) is 42.7 Å². The molecule has 27 heavy (non-hydrogen) atoms. The number of fused-ring (bicyclic) bond motifs is 1. The van der Waals surface area contributed by atoms with Crippen molar-refractivity contribution in [1.29, 1.82) is 0 Å². The van der Waals surface area contributed by atoms with Gasteiger partial charge in [0.1, 0.15) is 12.9 Å². The molecule has 6 nitrogen and oxygen atoms in total. The van der Waals surface area contributed by atoms with Gasteiger partial charge in [0.05, 0.1) is 22.5 Å². The number of aryl methyl sites for hydroxylation is 1. The lowest BCUT2D eigenvalue weighted by Crippen LogP contribution is -2.29. The van der Waals surface area contributed by atoms with E-state index in [1.165, 1.54) is 11.9 Å². The lowest BCUT2D eigenvalue weighted by Gasteiger charge is -2.24. The van der Waals surface area contributed by atoms with Crippen molar-refractivity contribution in [2.45, 2.75) is 26.0 Å². The number of hydrogen-bond donors (Lipinski definition) is 1. The third-order valence-corrected chi connectivity index (χ3v) is 4.97. The lowest BCUT2D eigenvalue weighted by molar-refractivity contribution is -0.117. The Bertz CT molecular complexity index is 978. The number of carbonyl (C=O) groups excluding carboxylic acids is 1. The van der Waals surface area contributed by atoms with E-state index in [9.17, 15) is 4.79 Å². The van der Waals surface area contributed by atoms with Crippen LogP contribution in [0, 0.1) is 6.92 Å². The van der Waals surface area contributed by atoms with E-state index in [4.69, 9.17) is 27.9 Å². The van der Waals surface area contributed by atoms with Gasteiger partial charge < -0.3 is 4.74 Å². The maximum atomic E-state index is 11.9. The molecule has 0 aliphatic carbocycles. The van der Waals surface area contributed by atoms with Gasteiger partial charge in [0.2, 0.25) is 11.9 Å². The Hall–Kier alpha value is -2.57. The molecule has 0 saturated carbocycles. The molecule has 0 unspecified atom stereocenters. The van der Waals surface area contributed by atoms with Crippen molar-refractivity contribution in [2.75, 3.05) is 5.32 Å². The van der Waals surface area contributed by atoms with Crippen LogP contribution in [0.1, 0.15) is 29.2 Å². The average molecular weight is 403 g/mol. The first-order valence-electron chi connectivity index (χ1n) is 8.38. The van der Waals surface area contributed by atoms with Gasteiger partial charge in [-0.05, 0) is 30.2 Å². The maximum Gasteiger partial charge on any atom is 0.229 e. The summed E-state index contributed by atoms with van der Waals surface area (Å²) in [6.45, 7) is 2.39. The summed E-state index contributed by atoms with van der Waals surface area (Å²) in [5.41, 5.74) is 2.98. The number of benzene rings is 2. The highest BCUT2D eigenvalue weighted by atomic mass is 35.5. The van der Waals surface area contributed by atoms with Crippen molar-refractivity contribution in [3.05, 3.63) is 69.5 Å². The second kappa shape index (κ2) is 7.21. The van der Waals surface area contributed by atoms with E-state index in [0.29, 0.717) is 28.3 Å². The molecule has 0 bridgehead atoms. The number of ether oxygens (including phenoxy) is 1. The molecule has 1 N–H and O–H groups in total. The average Bonchev–Trinajstić information content (AvgIpc) is 3.10. The first-order valence-corrected chi connectivity index (χ1v) is 9.13. The molecule has 2 aromatic carbocycles. The topological polar surface area (TPSA) is 69.0 Å². The maximum absolute atomic E-state index is 11.9. The lowest BCUT2D eigenvalue weighted by atomic mass is 10.0. The number of anilines is 1. The van der Waals surface area contributed by atoms with Crippen molar-refractivity contribution in [3.63, 3.8) is 0 Å². The summed E-state index contributed by atoms with van der Waals surface area (Å²) in [6, 6.07) is 11.2. The molecule has 1 atom stereocenters. The van der Waals surface area contributed by atoms with Crippen molar-refractivity contribution in [3.8, 4) is 5.75 Å². The molecule has 2 heterocycles. The van der Waals surface area contributed by atoms with E-state index in [2.05, 4.69) is 15.4 Å². The quantitative estimate of drug-likeness (QED) is 0.701. The van der Waals surface area contributed by atoms with Crippen molar-refractivity contribution < 1.29 is 9.53 Å². The summed E-state index contributed by atoms with van der Waals surface area (Å²) >= 11 is 12.9. The van der Waals surface area contributed by atoms with Crippen LogP contribution in [0.2, 0.25) is 10.0 Å². The van der Waals surface area contributed by atoms with E-state index in [0.717, 1.165) is 11.1 Å². The molecule has 1 amide bonds. The zero-order chi connectivity index (χ0) is 19.0. The second-order valence-corrected chi connectivity index (χ2v) is 7.20. The highest BCUT2D eigenvalue weighted by Gasteiger charge is 2.28. The van der Waals surface area contributed by atoms with Gasteiger partial charge >= 0.3 is 0 Å². The Balaban J connectivity index is 1.59. The molecule has 1 aromatic heterocycles. The normalized spacial score (nSPS) is 16.0. The third kappa shape index (κ3) is 3.63. The van der Waals surface area contributed by atoms with Gasteiger partial charge in [-0.25, -0.2) is 4.68 Å². The summed E-state index contributed by atoms with van der Waals surface area (Å²) in [5, 5.41) is 7.64. The predicted octanol–water partition coefficient (Wildman–Crippen LogP) is 4.40. The van der Waals surface area contributed by atoms with Crippen LogP contribution >= 0.6 is 23.2 Å². The van der Waals surface area contributed by atoms with E-state index in [1.807, 2.05) is 31.2 Å². The van der Waals surface area contributed by atoms with Gasteiger partial charge in [-0.2, -0.15) is 10.1 Å². The second-order valence-electron chi connectivity index (χ2n) is 6.38. The summed E-state index contributed by atoms with van der Waals surface area (Å²) in [6.07, 6.45) is 1.63.